The zero-order valence-corrected chi connectivity index (χ0v) is 32.2. The van der Waals surface area contributed by atoms with E-state index in [1.54, 1.807) is 0 Å². The highest BCUT2D eigenvalue weighted by molar-refractivity contribution is 5.70. The van der Waals surface area contributed by atoms with E-state index in [1.165, 1.54) is 0 Å². The van der Waals surface area contributed by atoms with Gasteiger partial charge in [0.2, 0.25) is 0 Å². The van der Waals surface area contributed by atoms with Crippen molar-refractivity contribution >= 4 is 24.4 Å². The second kappa shape index (κ2) is 23.2. The van der Waals surface area contributed by atoms with Gasteiger partial charge >= 0.3 is 24.4 Å². The van der Waals surface area contributed by atoms with E-state index < -0.39 is 60.7 Å². The molecule has 0 heterocycles. The molecule has 0 saturated heterocycles. The van der Waals surface area contributed by atoms with Crippen LogP contribution < -0.4 is 21.3 Å². The van der Waals surface area contributed by atoms with Gasteiger partial charge in [0.25, 0.3) is 0 Å². The van der Waals surface area contributed by atoms with Crippen LogP contribution in [0.2, 0.25) is 0 Å². The first-order chi connectivity index (χ1) is 28.2. The molecule has 308 valence electrons. The topological polar surface area (TPSA) is 194 Å². The summed E-state index contributed by atoms with van der Waals surface area (Å²) in [6.45, 7) is 0.567. The van der Waals surface area contributed by atoms with Gasteiger partial charge in [-0.15, -0.1) is 0 Å². The van der Waals surface area contributed by atoms with Crippen LogP contribution in [-0.2, 0) is 45.4 Å². The van der Waals surface area contributed by atoms with Gasteiger partial charge in [0, 0.05) is 0 Å². The van der Waals surface area contributed by atoms with Gasteiger partial charge in [-0.3, -0.25) is 0 Å². The Hall–Kier alpha value is -6.12. The SMILES string of the molecule is O=C(N[C@@H]1[C@H](O)CCC[C@@H]1NC(=O)OCc1ccccc1)OCc1ccccc1.O=C(N[C@H]1[C@@H](O)CCC[C@H]1NC(=O)OCc1ccccc1)OCc1ccccc1. The van der Waals surface area contributed by atoms with Crippen LogP contribution in [0, 0.1) is 0 Å². The Labute approximate surface area is 338 Å². The highest BCUT2D eigenvalue weighted by Crippen LogP contribution is 2.21. The third-order valence-electron chi connectivity index (χ3n) is 9.75. The summed E-state index contributed by atoms with van der Waals surface area (Å²) < 4.78 is 21.0. The van der Waals surface area contributed by atoms with Gasteiger partial charge in [-0.2, -0.15) is 0 Å². The quantitative estimate of drug-likeness (QED) is 0.0894. The van der Waals surface area contributed by atoms with E-state index in [-0.39, 0.29) is 26.4 Å². The molecule has 58 heavy (non-hydrogen) atoms. The van der Waals surface area contributed by atoms with E-state index >= 15 is 0 Å². The summed E-state index contributed by atoms with van der Waals surface area (Å²) in [6.07, 6.45) is -0.170. The predicted octanol–water partition coefficient (Wildman–Crippen LogP) is 6.24. The third-order valence-corrected chi connectivity index (χ3v) is 9.75. The van der Waals surface area contributed by atoms with Crippen molar-refractivity contribution < 1.29 is 48.3 Å². The summed E-state index contributed by atoms with van der Waals surface area (Å²) in [4.78, 5) is 48.7. The van der Waals surface area contributed by atoms with Crippen LogP contribution in [0.1, 0.15) is 60.8 Å². The highest BCUT2D eigenvalue weighted by Gasteiger charge is 2.36. The van der Waals surface area contributed by atoms with Gasteiger partial charge < -0.3 is 50.4 Å². The van der Waals surface area contributed by atoms with Crippen molar-refractivity contribution in [3.8, 4) is 0 Å². The standard InChI is InChI=1S/2C22H26N2O5/c2*25-19-13-7-12-18(23-21(26)28-14-16-8-3-1-4-9-16)20(19)24-22(27)29-15-17-10-5-2-6-11-17/h2*1-6,8-11,18-20,25H,7,12-15H2,(H,23,26)(H,24,27)/t2*18-,19+,20-/m10/s1. The zero-order valence-electron chi connectivity index (χ0n) is 32.2. The maximum Gasteiger partial charge on any atom is 0.407 e. The fraction of sp³-hybridized carbons (Fsp3) is 0.364. The summed E-state index contributed by atoms with van der Waals surface area (Å²) in [5, 5.41) is 31.6. The fourth-order valence-corrected chi connectivity index (χ4v) is 6.70. The molecule has 0 aliphatic heterocycles. The number of carbonyl (C=O) groups is 4. The lowest BCUT2D eigenvalue weighted by atomic mass is 9.88. The lowest BCUT2D eigenvalue weighted by Crippen LogP contribution is -2.59. The monoisotopic (exact) mass is 796 g/mol. The lowest BCUT2D eigenvalue weighted by Gasteiger charge is -2.35. The Morgan fingerprint density at radius 2 is 0.672 bits per heavy atom. The Kier molecular flexibility index (Phi) is 17.2. The number of benzene rings is 4. The maximum absolute atomic E-state index is 12.2. The van der Waals surface area contributed by atoms with Gasteiger partial charge in [0.05, 0.1) is 36.4 Å². The number of carbonyl (C=O) groups excluding carboxylic acids is 4. The Morgan fingerprint density at radius 1 is 0.414 bits per heavy atom. The van der Waals surface area contributed by atoms with E-state index in [4.69, 9.17) is 18.9 Å². The molecule has 6 atom stereocenters. The molecule has 0 unspecified atom stereocenters. The number of ether oxygens (including phenoxy) is 4. The molecule has 4 aromatic rings. The first kappa shape index (κ1) is 43.0. The van der Waals surface area contributed by atoms with Crippen molar-refractivity contribution in [2.75, 3.05) is 0 Å². The van der Waals surface area contributed by atoms with Crippen molar-refractivity contribution in [1.29, 1.82) is 0 Å². The lowest BCUT2D eigenvalue weighted by molar-refractivity contribution is 0.0577. The molecule has 2 fully saturated rings. The molecule has 2 saturated carbocycles. The molecule has 0 radical (unpaired) electrons. The average molecular weight is 797 g/mol. The fourth-order valence-electron chi connectivity index (χ4n) is 6.70. The van der Waals surface area contributed by atoms with Crippen molar-refractivity contribution in [1.82, 2.24) is 21.3 Å². The van der Waals surface area contributed by atoms with Crippen molar-refractivity contribution in [3.05, 3.63) is 144 Å². The molecule has 6 rings (SSSR count). The average Bonchev–Trinajstić information content (AvgIpc) is 3.25. The first-order valence-corrected chi connectivity index (χ1v) is 19.5. The summed E-state index contributed by atoms with van der Waals surface area (Å²) >= 11 is 0. The number of hydrogen-bond donors (Lipinski definition) is 6. The second-order valence-electron chi connectivity index (χ2n) is 14.1. The van der Waals surface area contributed by atoms with E-state index in [1.807, 2.05) is 121 Å². The molecule has 6 N–H and O–H groups in total. The summed E-state index contributed by atoms with van der Waals surface area (Å²) in [5.74, 6) is 0. The van der Waals surface area contributed by atoms with Crippen molar-refractivity contribution in [3.63, 3.8) is 0 Å². The highest BCUT2D eigenvalue weighted by atomic mass is 16.6. The van der Waals surface area contributed by atoms with Crippen LogP contribution in [-0.4, -0.2) is 71.0 Å². The number of hydrogen-bond acceptors (Lipinski definition) is 10. The van der Waals surface area contributed by atoms with Gasteiger partial charge in [-0.25, -0.2) is 19.2 Å². The minimum absolute atomic E-state index is 0.132. The largest absolute Gasteiger partial charge is 0.445 e. The molecule has 2 aliphatic rings. The number of aliphatic hydroxyl groups is 2. The second-order valence-corrected chi connectivity index (χ2v) is 14.1. The summed E-state index contributed by atoms with van der Waals surface area (Å²) in [6, 6.07) is 35.2. The Balaban J connectivity index is 0.000000221. The molecule has 2 aliphatic carbocycles. The van der Waals surface area contributed by atoms with E-state index in [0.29, 0.717) is 25.7 Å². The zero-order chi connectivity index (χ0) is 41.0. The minimum atomic E-state index is -0.771. The number of rotatable bonds is 12. The first-order valence-electron chi connectivity index (χ1n) is 19.5. The number of alkyl carbamates (subject to hydrolysis) is 4. The molecular formula is C44H52N4O10. The van der Waals surface area contributed by atoms with Crippen LogP contribution >= 0.6 is 0 Å². The van der Waals surface area contributed by atoms with Crippen LogP contribution in [0.3, 0.4) is 0 Å². The molecular weight excluding hydrogens is 745 g/mol. The predicted molar refractivity (Wildman–Crippen MR) is 214 cm³/mol. The Bertz CT molecular complexity index is 1700. The van der Waals surface area contributed by atoms with Gasteiger partial charge in [0.15, 0.2) is 0 Å². The third kappa shape index (κ3) is 14.8. The molecule has 4 aromatic carbocycles. The van der Waals surface area contributed by atoms with E-state index in [2.05, 4.69) is 21.3 Å². The Morgan fingerprint density at radius 3 is 0.948 bits per heavy atom. The van der Waals surface area contributed by atoms with Crippen LogP contribution in [0.25, 0.3) is 0 Å². The molecule has 14 heteroatoms. The molecule has 4 amide bonds. The summed E-state index contributed by atoms with van der Waals surface area (Å²) in [5.41, 5.74) is 3.49. The summed E-state index contributed by atoms with van der Waals surface area (Å²) in [7, 11) is 0. The van der Waals surface area contributed by atoms with Gasteiger partial charge in [-0.05, 0) is 60.8 Å². The van der Waals surface area contributed by atoms with Crippen molar-refractivity contribution in [2.45, 2.75) is 101 Å². The van der Waals surface area contributed by atoms with E-state index in [9.17, 15) is 29.4 Å². The number of aliphatic hydroxyl groups excluding tert-OH is 2. The molecule has 0 aromatic heterocycles. The molecule has 0 bridgehead atoms. The number of nitrogens with one attached hydrogen (secondary N) is 4. The van der Waals surface area contributed by atoms with Gasteiger partial charge in [0.1, 0.15) is 26.4 Å². The molecule has 14 nitrogen and oxygen atoms in total. The van der Waals surface area contributed by atoms with Crippen LogP contribution in [0.5, 0.6) is 0 Å². The minimum Gasteiger partial charge on any atom is -0.445 e. The smallest absolute Gasteiger partial charge is 0.407 e. The van der Waals surface area contributed by atoms with Crippen molar-refractivity contribution in [2.24, 2.45) is 0 Å². The van der Waals surface area contributed by atoms with Gasteiger partial charge in [-0.1, -0.05) is 121 Å². The maximum atomic E-state index is 12.2. The number of amides is 4. The normalized spacial score (nSPS) is 21.1. The molecule has 0 spiro atoms. The van der Waals surface area contributed by atoms with Crippen LogP contribution in [0.15, 0.2) is 121 Å². The van der Waals surface area contributed by atoms with Crippen LogP contribution in [0.4, 0.5) is 19.2 Å². The van der Waals surface area contributed by atoms with E-state index in [0.717, 1.165) is 35.1 Å².